The summed E-state index contributed by atoms with van der Waals surface area (Å²) >= 11 is 3.17. The van der Waals surface area contributed by atoms with Crippen LogP contribution in [-0.4, -0.2) is 0 Å². The summed E-state index contributed by atoms with van der Waals surface area (Å²) in [5, 5.41) is 0. The summed E-state index contributed by atoms with van der Waals surface area (Å²) in [4.78, 5) is 2.82. The van der Waals surface area contributed by atoms with Gasteiger partial charge < -0.3 is 0 Å². The molecule has 0 N–H and O–H groups in total. The van der Waals surface area contributed by atoms with Crippen LogP contribution < -0.4 is 0 Å². The Morgan fingerprint density at radius 3 is 1.47 bits per heavy atom. The summed E-state index contributed by atoms with van der Waals surface area (Å²) in [5.41, 5.74) is 2.56. The van der Waals surface area contributed by atoms with Crippen molar-refractivity contribution < 1.29 is 0 Å². The highest BCUT2D eigenvalue weighted by Crippen LogP contribution is 2.00. The van der Waals surface area contributed by atoms with Crippen LogP contribution in [0.2, 0.25) is 0 Å². The van der Waals surface area contributed by atoms with Crippen molar-refractivity contribution in [1.29, 1.82) is 0 Å². The fourth-order valence-corrected chi connectivity index (χ4v) is 1.59. The number of halogens is 1. The Bertz CT molecular complexity index is 615. The maximum absolute atomic E-state index is 3.17. The van der Waals surface area contributed by atoms with Crippen molar-refractivity contribution in [1.82, 2.24) is 0 Å². The summed E-state index contributed by atoms with van der Waals surface area (Å²) in [6.07, 6.45) is 0. The molecule has 0 spiro atoms. The van der Waals surface area contributed by atoms with Crippen molar-refractivity contribution in [2.24, 2.45) is 0 Å². The summed E-state index contributed by atoms with van der Waals surface area (Å²) in [7, 11) is 0. The summed E-state index contributed by atoms with van der Waals surface area (Å²) in [6, 6.07) is 19.6. The second-order valence-corrected chi connectivity index (χ2v) is 4.10. The largest absolute Gasteiger partial charge is 0.0905 e. The SMILES string of the molecule is Br[C]=C(C#Cc1ccccc1)C#Cc1ccccc1. The Morgan fingerprint density at radius 1 is 0.684 bits per heavy atom. The zero-order chi connectivity index (χ0) is 13.3. The number of allylic oxidation sites excluding steroid dienone is 1. The van der Waals surface area contributed by atoms with Crippen molar-refractivity contribution in [3.63, 3.8) is 0 Å². The lowest BCUT2D eigenvalue weighted by molar-refractivity contribution is 1.64. The van der Waals surface area contributed by atoms with Crippen molar-refractivity contribution >= 4 is 15.9 Å². The molecule has 0 amide bonds. The molecule has 0 saturated carbocycles. The van der Waals surface area contributed by atoms with Crippen LogP contribution in [0, 0.1) is 28.7 Å². The molecule has 1 radical (unpaired) electrons. The Morgan fingerprint density at radius 2 is 1.11 bits per heavy atom. The number of benzene rings is 2. The van der Waals surface area contributed by atoms with Gasteiger partial charge in [-0.25, -0.2) is 0 Å². The van der Waals surface area contributed by atoms with Crippen LogP contribution >= 0.6 is 15.9 Å². The standard InChI is InChI=1S/C18H10Br/c19-15-18(13-11-16-7-3-1-4-8-16)14-12-17-9-5-2-6-10-17/h1-10H. The molecule has 1 heteroatoms. The Hall–Kier alpha value is -2.22. The maximum atomic E-state index is 3.17. The van der Waals surface area contributed by atoms with E-state index in [0.717, 1.165) is 11.1 Å². The van der Waals surface area contributed by atoms with Crippen molar-refractivity contribution in [2.75, 3.05) is 0 Å². The van der Waals surface area contributed by atoms with Gasteiger partial charge in [-0.05, 0) is 40.2 Å². The van der Waals surface area contributed by atoms with Gasteiger partial charge in [-0.1, -0.05) is 60.1 Å². The Balaban J connectivity index is 2.16. The van der Waals surface area contributed by atoms with Gasteiger partial charge in [-0.2, -0.15) is 0 Å². The molecular weight excluding hydrogens is 296 g/mol. The van der Waals surface area contributed by atoms with Crippen LogP contribution in [0.4, 0.5) is 0 Å². The monoisotopic (exact) mass is 305 g/mol. The lowest BCUT2D eigenvalue weighted by Gasteiger charge is -1.88. The molecule has 0 saturated heterocycles. The minimum Gasteiger partial charge on any atom is -0.0622 e. The molecule has 0 aliphatic heterocycles. The average Bonchev–Trinajstić information content (AvgIpc) is 2.49. The number of rotatable bonds is 0. The molecule has 2 aromatic rings. The van der Waals surface area contributed by atoms with E-state index in [2.05, 4.69) is 44.6 Å². The molecule has 0 atom stereocenters. The Labute approximate surface area is 122 Å². The van der Waals surface area contributed by atoms with E-state index in [-0.39, 0.29) is 0 Å². The van der Waals surface area contributed by atoms with E-state index in [9.17, 15) is 0 Å². The fraction of sp³-hybridized carbons (Fsp3) is 0. The third kappa shape index (κ3) is 4.51. The molecule has 19 heavy (non-hydrogen) atoms. The molecule has 0 aliphatic carbocycles. The van der Waals surface area contributed by atoms with Gasteiger partial charge in [0.1, 0.15) is 0 Å². The lowest BCUT2D eigenvalue weighted by atomic mass is 10.2. The smallest absolute Gasteiger partial charge is 0.0622 e. The van der Waals surface area contributed by atoms with Gasteiger partial charge >= 0.3 is 0 Å². The highest BCUT2D eigenvalue weighted by Gasteiger charge is 1.87. The molecular formula is C18H10Br. The number of hydrogen-bond acceptors (Lipinski definition) is 0. The van der Waals surface area contributed by atoms with Gasteiger partial charge in [0.25, 0.3) is 0 Å². The first-order valence-corrected chi connectivity index (χ1v) is 6.55. The topological polar surface area (TPSA) is 0 Å². The Kier molecular flexibility index (Phi) is 5.06. The zero-order valence-electron chi connectivity index (χ0n) is 10.2. The molecule has 0 aliphatic rings. The van der Waals surface area contributed by atoms with E-state index in [1.807, 2.05) is 60.7 Å². The lowest BCUT2D eigenvalue weighted by Crippen LogP contribution is -1.76. The van der Waals surface area contributed by atoms with Crippen LogP contribution in [0.25, 0.3) is 0 Å². The zero-order valence-corrected chi connectivity index (χ0v) is 11.7. The normalized spacial score (nSPS) is 8.47. The van der Waals surface area contributed by atoms with Gasteiger partial charge in [0.15, 0.2) is 0 Å². The molecule has 0 fully saturated rings. The van der Waals surface area contributed by atoms with Crippen molar-refractivity contribution in [3.8, 4) is 23.7 Å². The molecule has 2 rings (SSSR count). The van der Waals surface area contributed by atoms with Crippen LogP contribution in [-0.2, 0) is 0 Å². The van der Waals surface area contributed by atoms with Crippen LogP contribution in [0.15, 0.2) is 66.2 Å². The van der Waals surface area contributed by atoms with Crippen LogP contribution in [0.3, 0.4) is 0 Å². The van der Waals surface area contributed by atoms with Crippen molar-refractivity contribution in [2.45, 2.75) is 0 Å². The van der Waals surface area contributed by atoms with Crippen molar-refractivity contribution in [3.05, 3.63) is 82.3 Å². The highest BCUT2D eigenvalue weighted by molar-refractivity contribution is 9.10. The molecule has 0 unspecified atom stereocenters. The first-order valence-electron chi connectivity index (χ1n) is 5.76. The molecule has 0 bridgehead atoms. The van der Waals surface area contributed by atoms with Gasteiger partial charge in [0, 0.05) is 11.1 Å². The van der Waals surface area contributed by atoms with Crippen LogP contribution in [0.5, 0.6) is 0 Å². The molecule has 2 aromatic carbocycles. The fourth-order valence-electron chi connectivity index (χ4n) is 1.39. The van der Waals surface area contributed by atoms with E-state index >= 15 is 0 Å². The third-order valence-corrected chi connectivity index (χ3v) is 2.70. The number of hydrogen-bond donors (Lipinski definition) is 0. The summed E-state index contributed by atoms with van der Waals surface area (Å²) in [5.74, 6) is 12.1. The minimum atomic E-state index is 0.632. The van der Waals surface area contributed by atoms with Crippen LogP contribution in [0.1, 0.15) is 11.1 Å². The van der Waals surface area contributed by atoms with E-state index in [1.54, 1.807) is 0 Å². The van der Waals surface area contributed by atoms with E-state index in [4.69, 9.17) is 0 Å². The molecule has 89 valence electrons. The first kappa shape index (κ1) is 13.2. The second-order valence-electron chi connectivity index (χ2n) is 3.70. The predicted octanol–water partition coefficient (Wildman–Crippen LogP) is 4.17. The van der Waals surface area contributed by atoms with Gasteiger partial charge in [0.2, 0.25) is 0 Å². The quantitative estimate of drug-likeness (QED) is 0.641. The molecule has 0 aromatic heterocycles. The summed E-state index contributed by atoms with van der Waals surface area (Å²) < 4.78 is 0. The molecule has 0 nitrogen and oxygen atoms in total. The van der Waals surface area contributed by atoms with Gasteiger partial charge in [-0.3, -0.25) is 0 Å². The predicted molar refractivity (Wildman–Crippen MR) is 82.3 cm³/mol. The third-order valence-electron chi connectivity index (χ3n) is 2.31. The highest BCUT2D eigenvalue weighted by atomic mass is 79.9. The summed E-state index contributed by atoms with van der Waals surface area (Å²) in [6.45, 7) is 0. The minimum absolute atomic E-state index is 0.632. The van der Waals surface area contributed by atoms with Gasteiger partial charge in [-0.15, -0.1) is 0 Å². The van der Waals surface area contributed by atoms with E-state index in [0.29, 0.717) is 5.57 Å². The van der Waals surface area contributed by atoms with E-state index < -0.39 is 0 Å². The first-order chi connectivity index (χ1) is 9.38. The second kappa shape index (κ2) is 7.27. The maximum Gasteiger partial charge on any atom is 0.0905 e. The van der Waals surface area contributed by atoms with Gasteiger partial charge in [0.05, 0.1) is 10.6 Å². The van der Waals surface area contributed by atoms with E-state index in [1.165, 1.54) is 0 Å². The molecule has 0 heterocycles. The average molecular weight is 306 g/mol.